The molecule has 0 bridgehead atoms. The van der Waals surface area contributed by atoms with Crippen molar-refractivity contribution in [1.82, 2.24) is 9.88 Å². The van der Waals surface area contributed by atoms with E-state index >= 15 is 0 Å². The van der Waals surface area contributed by atoms with Crippen LogP contribution < -0.4 is 0 Å². The first-order valence-corrected chi connectivity index (χ1v) is 8.52. The lowest BCUT2D eigenvalue weighted by Gasteiger charge is -2.21. The maximum Gasteiger partial charge on any atom is 0.254 e. The van der Waals surface area contributed by atoms with Gasteiger partial charge in [-0.25, -0.2) is 0 Å². The van der Waals surface area contributed by atoms with Crippen LogP contribution in [0.5, 0.6) is 0 Å². The predicted octanol–water partition coefficient (Wildman–Crippen LogP) is 4.13. The molecule has 4 rings (SSSR count). The van der Waals surface area contributed by atoms with Crippen molar-refractivity contribution in [2.45, 2.75) is 44.4 Å². The van der Waals surface area contributed by atoms with E-state index in [2.05, 4.69) is 6.07 Å². The Morgan fingerprint density at radius 1 is 1.05 bits per heavy atom. The Kier molecular flexibility index (Phi) is 3.57. The first-order chi connectivity index (χ1) is 10.8. The Balaban J connectivity index is 1.76. The fraction of sp³-hybridized carbons (Fsp3) is 0.474. The maximum absolute atomic E-state index is 13.1. The zero-order valence-electron chi connectivity index (χ0n) is 12.9. The minimum absolute atomic E-state index is 0.197. The Labute approximate surface area is 131 Å². The van der Waals surface area contributed by atoms with Crippen LogP contribution in [0.2, 0.25) is 0 Å². The van der Waals surface area contributed by atoms with Crippen molar-refractivity contribution in [1.29, 1.82) is 0 Å². The summed E-state index contributed by atoms with van der Waals surface area (Å²) in [5.74, 6) is 0.766. The van der Waals surface area contributed by atoms with E-state index in [1.54, 1.807) is 0 Å². The Bertz CT molecular complexity index is 698. The van der Waals surface area contributed by atoms with Gasteiger partial charge < -0.3 is 4.90 Å². The minimum atomic E-state index is 0.197. The SMILES string of the molecule is O=C(c1cc(C2CC2)nc2ccccc12)N1CCCCCC1. The number of aromatic nitrogens is 1. The number of pyridine rings is 1. The topological polar surface area (TPSA) is 33.2 Å². The maximum atomic E-state index is 13.1. The first-order valence-electron chi connectivity index (χ1n) is 8.52. The van der Waals surface area contributed by atoms with Gasteiger partial charge in [0.2, 0.25) is 0 Å². The summed E-state index contributed by atoms with van der Waals surface area (Å²) in [6, 6.07) is 10.1. The van der Waals surface area contributed by atoms with Crippen molar-refractivity contribution in [3.05, 3.63) is 41.6 Å². The van der Waals surface area contributed by atoms with Crippen LogP contribution in [-0.2, 0) is 0 Å². The van der Waals surface area contributed by atoms with E-state index in [4.69, 9.17) is 4.98 Å². The summed E-state index contributed by atoms with van der Waals surface area (Å²) < 4.78 is 0. The largest absolute Gasteiger partial charge is 0.339 e. The van der Waals surface area contributed by atoms with Crippen molar-refractivity contribution >= 4 is 16.8 Å². The molecular formula is C19H22N2O. The van der Waals surface area contributed by atoms with Gasteiger partial charge in [-0.05, 0) is 37.8 Å². The molecule has 1 saturated heterocycles. The first kappa shape index (κ1) is 13.7. The number of benzene rings is 1. The third-order valence-electron chi connectivity index (χ3n) is 4.86. The van der Waals surface area contributed by atoms with Gasteiger partial charge in [0.05, 0.1) is 11.1 Å². The zero-order valence-corrected chi connectivity index (χ0v) is 12.9. The van der Waals surface area contributed by atoms with E-state index in [9.17, 15) is 4.79 Å². The summed E-state index contributed by atoms with van der Waals surface area (Å²) in [4.78, 5) is 19.9. The molecule has 1 aromatic carbocycles. The second-order valence-electron chi connectivity index (χ2n) is 6.59. The van der Waals surface area contributed by atoms with Gasteiger partial charge in [-0.2, -0.15) is 0 Å². The van der Waals surface area contributed by atoms with Gasteiger partial charge in [-0.15, -0.1) is 0 Å². The number of fused-ring (bicyclic) bond motifs is 1. The molecule has 114 valence electrons. The lowest BCUT2D eigenvalue weighted by Crippen LogP contribution is -2.32. The Hall–Kier alpha value is -1.90. The van der Waals surface area contributed by atoms with Gasteiger partial charge in [-0.1, -0.05) is 31.0 Å². The molecule has 1 saturated carbocycles. The van der Waals surface area contributed by atoms with Gasteiger partial charge in [0.1, 0.15) is 0 Å². The molecule has 2 heterocycles. The lowest BCUT2D eigenvalue weighted by atomic mass is 10.0. The molecule has 0 N–H and O–H groups in total. The zero-order chi connectivity index (χ0) is 14.9. The number of nitrogens with zero attached hydrogens (tertiary/aromatic N) is 2. The normalized spacial score (nSPS) is 19.2. The Morgan fingerprint density at radius 2 is 1.77 bits per heavy atom. The van der Waals surface area contributed by atoms with Crippen LogP contribution in [0.1, 0.15) is 60.5 Å². The number of carbonyl (C=O) groups is 1. The van der Waals surface area contributed by atoms with E-state index in [0.717, 1.165) is 48.1 Å². The summed E-state index contributed by atoms with van der Waals surface area (Å²) in [5, 5.41) is 1.00. The molecule has 0 radical (unpaired) electrons. The highest BCUT2D eigenvalue weighted by Crippen LogP contribution is 2.40. The van der Waals surface area contributed by atoms with Crippen molar-refractivity contribution in [3.63, 3.8) is 0 Å². The predicted molar refractivity (Wildman–Crippen MR) is 88.1 cm³/mol. The van der Waals surface area contributed by atoms with E-state index < -0.39 is 0 Å². The van der Waals surface area contributed by atoms with E-state index in [0.29, 0.717) is 5.92 Å². The van der Waals surface area contributed by atoms with Crippen LogP contribution in [0.3, 0.4) is 0 Å². The number of hydrogen-bond acceptors (Lipinski definition) is 2. The van der Waals surface area contributed by atoms with Crippen molar-refractivity contribution < 1.29 is 4.79 Å². The molecule has 0 atom stereocenters. The van der Waals surface area contributed by atoms with Gasteiger partial charge in [0.15, 0.2) is 0 Å². The molecule has 0 unspecified atom stereocenters. The fourth-order valence-corrected chi connectivity index (χ4v) is 3.41. The van der Waals surface area contributed by atoms with E-state index in [1.165, 1.54) is 25.7 Å². The fourth-order valence-electron chi connectivity index (χ4n) is 3.41. The number of carbonyl (C=O) groups excluding carboxylic acids is 1. The highest BCUT2D eigenvalue weighted by Gasteiger charge is 2.28. The number of hydrogen-bond donors (Lipinski definition) is 0. The number of amides is 1. The van der Waals surface area contributed by atoms with Crippen LogP contribution in [-0.4, -0.2) is 28.9 Å². The standard InChI is InChI=1S/C19H22N2O/c22-19(21-11-5-1-2-6-12-21)16-13-18(14-9-10-14)20-17-8-4-3-7-15(16)17/h3-4,7-8,13-14H,1-2,5-6,9-12H2. The molecule has 2 aromatic rings. The van der Waals surface area contributed by atoms with Crippen LogP contribution in [0.25, 0.3) is 10.9 Å². The highest BCUT2D eigenvalue weighted by molar-refractivity contribution is 6.06. The monoisotopic (exact) mass is 294 g/mol. The minimum Gasteiger partial charge on any atom is -0.339 e. The summed E-state index contributed by atoms with van der Waals surface area (Å²) in [6.45, 7) is 1.79. The average molecular weight is 294 g/mol. The lowest BCUT2D eigenvalue weighted by molar-refractivity contribution is 0.0763. The van der Waals surface area contributed by atoms with Gasteiger partial charge in [-0.3, -0.25) is 9.78 Å². The van der Waals surface area contributed by atoms with Crippen LogP contribution >= 0.6 is 0 Å². The van der Waals surface area contributed by atoms with E-state index in [1.807, 2.05) is 29.2 Å². The summed E-state index contributed by atoms with van der Waals surface area (Å²) in [6.07, 6.45) is 7.17. The molecular weight excluding hydrogens is 272 g/mol. The van der Waals surface area contributed by atoms with Crippen LogP contribution in [0, 0.1) is 0 Å². The quantitative estimate of drug-likeness (QED) is 0.834. The smallest absolute Gasteiger partial charge is 0.254 e. The molecule has 22 heavy (non-hydrogen) atoms. The van der Waals surface area contributed by atoms with Gasteiger partial charge in [0, 0.05) is 30.1 Å². The van der Waals surface area contributed by atoms with Crippen LogP contribution in [0.15, 0.2) is 30.3 Å². The third kappa shape index (κ3) is 2.60. The molecule has 0 spiro atoms. The second-order valence-corrected chi connectivity index (χ2v) is 6.59. The molecule has 3 heteroatoms. The molecule has 1 aromatic heterocycles. The second kappa shape index (κ2) is 5.71. The van der Waals surface area contributed by atoms with E-state index in [-0.39, 0.29) is 5.91 Å². The molecule has 2 aliphatic rings. The molecule has 1 aliphatic heterocycles. The van der Waals surface area contributed by atoms with Crippen molar-refractivity contribution in [2.75, 3.05) is 13.1 Å². The molecule has 1 amide bonds. The highest BCUT2D eigenvalue weighted by atomic mass is 16.2. The number of para-hydroxylation sites is 1. The number of rotatable bonds is 2. The van der Waals surface area contributed by atoms with Crippen molar-refractivity contribution in [3.8, 4) is 0 Å². The number of likely N-dealkylation sites (tertiary alicyclic amines) is 1. The summed E-state index contributed by atoms with van der Waals surface area (Å²) in [5.41, 5.74) is 2.93. The summed E-state index contributed by atoms with van der Waals surface area (Å²) in [7, 11) is 0. The average Bonchev–Trinajstić information content (AvgIpc) is 3.39. The summed E-state index contributed by atoms with van der Waals surface area (Å²) >= 11 is 0. The third-order valence-corrected chi connectivity index (χ3v) is 4.86. The molecule has 2 fully saturated rings. The molecule has 1 aliphatic carbocycles. The van der Waals surface area contributed by atoms with Crippen molar-refractivity contribution in [2.24, 2.45) is 0 Å². The molecule has 3 nitrogen and oxygen atoms in total. The Morgan fingerprint density at radius 3 is 2.50 bits per heavy atom. The van der Waals surface area contributed by atoms with Gasteiger partial charge >= 0.3 is 0 Å². The van der Waals surface area contributed by atoms with Crippen LogP contribution in [0.4, 0.5) is 0 Å². The van der Waals surface area contributed by atoms with Gasteiger partial charge in [0.25, 0.3) is 5.91 Å².